The number of ether oxygens (including phenoxy) is 1. The normalized spacial score (nSPS) is 16.9. The molecular weight excluding hydrogens is 647 g/mol. The largest absolute Gasteiger partial charge is 1.00 e. The van der Waals surface area contributed by atoms with Crippen molar-refractivity contribution in [3.8, 4) is 17.3 Å². The summed E-state index contributed by atoms with van der Waals surface area (Å²) in [5.74, 6) is -2.27. The van der Waals surface area contributed by atoms with E-state index >= 15 is 4.39 Å². The number of amides is 1. The Balaban J connectivity index is 0.00000276. The standard InChI is InChI=1S/C30H32F2N7O3S.2ClH/c1-19(28-36-27(15-43-28)22-7-5-21(13-33)6-8-22)30(41,25-12-23(31)9-10-26(25)32)16-38-18-37(17-35-38)20(2)42-29(40)39-11-3-4-24(39)14-34;;/h5-10,12,15,17-20,24,41H,3-4,11,14,16,34H2,1-2H3;2*1H/q+1;;/p-1. The fourth-order valence-corrected chi connectivity index (χ4v) is 6.25. The van der Waals surface area contributed by atoms with Crippen LogP contribution in [-0.2, 0) is 16.9 Å². The number of carbonyl (C=O) groups is 1. The number of benzene rings is 2. The van der Waals surface area contributed by atoms with Crippen molar-refractivity contribution < 1.29 is 40.4 Å². The summed E-state index contributed by atoms with van der Waals surface area (Å²) in [4.78, 5) is 19.1. The molecule has 0 spiro atoms. The third-order valence-electron chi connectivity index (χ3n) is 7.89. The van der Waals surface area contributed by atoms with Crippen molar-refractivity contribution in [1.82, 2.24) is 19.7 Å². The predicted molar refractivity (Wildman–Crippen MR) is 161 cm³/mol. The molecule has 1 amide bonds. The van der Waals surface area contributed by atoms with Gasteiger partial charge in [-0.1, -0.05) is 19.1 Å². The van der Waals surface area contributed by atoms with Crippen LogP contribution in [0.5, 0.6) is 0 Å². The van der Waals surface area contributed by atoms with E-state index in [2.05, 4.69) is 11.2 Å². The maximum absolute atomic E-state index is 15.2. The Hall–Kier alpha value is -3.67. The van der Waals surface area contributed by atoms with Crippen LogP contribution >= 0.6 is 23.7 Å². The van der Waals surface area contributed by atoms with E-state index in [1.807, 2.05) is 5.38 Å². The summed E-state index contributed by atoms with van der Waals surface area (Å²) in [7, 11) is 0. The molecule has 1 aliphatic heterocycles. The van der Waals surface area contributed by atoms with Crippen LogP contribution in [0.3, 0.4) is 0 Å². The van der Waals surface area contributed by atoms with Gasteiger partial charge in [-0.25, -0.2) is 18.6 Å². The fraction of sp³-hybridized carbons (Fsp3) is 0.367. The molecule has 45 heavy (non-hydrogen) atoms. The zero-order valence-corrected chi connectivity index (χ0v) is 26.9. The van der Waals surface area contributed by atoms with Gasteiger partial charge in [0.05, 0.1) is 22.3 Å². The lowest BCUT2D eigenvalue weighted by molar-refractivity contribution is -0.753. The van der Waals surface area contributed by atoms with E-state index in [0.29, 0.717) is 29.4 Å². The fourth-order valence-electron chi connectivity index (χ4n) is 5.27. The number of nitrogens with zero attached hydrogens (tertiary/aromatic N) is 6. The second-order valence-corrected chi connectivity index (χ2v) is 11.5. The van der Waals surface area contributed by atoms with Crippen molar-refractivity contribution in [2.75, 3.05) is 13.1 Å². The molecule has 5 rings (SSSR count). The summed E-state index contributed by atoms with van der Waals surface area (Å²) >= 11 is 1.28. The Morgan fingerprint density at radius 1 is 1.29 bits per heavy atom. The molecule has 1 fully saturated rings. The van der Waals surface area contributed by atoms with Crippen LogP contribution in [0.25, 0.3) is 11.3 Å². The van der Waals surface area contributed by atoms with Gasteiger partial charge in [0.1, 0.15) is 23.8 Å². The number of likely N-dealkylation sites (tertiary alicyclic amines) is 1. The average molecular weight is 681 g/mol. The van der Waals surface area contributed by atoms with Crippen LogP contribution in [0.2, 0.25) is 0 Å². The minimum absolute atomic E-state index is 0. The highest BCUT2D eigenvalue weighted by molar-refractivity contribution is 7.10. The van der Waals surface area contributed by atoms with E-state index < -0.39 is 35.5 Å². The highest BCUT2D eigenvalue weighted by atomic mass is 35.5. The van der Waals surface area contributed by atoms with Gasteiger partial charge >= 0.3 is 6.09 Å². The van der Waals surface area contributed by atoms with Crippen molar-refractivity contribution in [1.29, 1.82) is 5.26 Å². The second-order valence-electron chi connectivity index (χ2n) is 10.6. The first-order chi connectivity index (χ1) is 20.6. The maximum Gasteiger partial charge on any atom is 0.412 e. The van der Waals surface area contributed by atoms with Gasteiger partial charge in [-0.3, -0.25) is 0 Å². The molecule has 4 atom stereocenters. The number of hydrogen-bond acceptors (Lipinski definition) is 8. The number of hydrogen-bond donors (Lipinski definition) is 2. The molecule has 240 valence electrons. The number of halogens is 4. The van der Waals surface area contributed by atoms with Crippen LogP contribution in [0, 0.1) is 23.0 Å². The Morgan fingerprint density at radius 3 is 2.71 bits per heavy atom. The van der Waals surface area contributed by atoms with Crippen molar-refractivity contribution in [3.63, 3.8) is 0 Å². The van der Waals surface area contributed by atoms with E-state index in [-0.39, 0.29) is 43.0 Å². The first-order valence-electron chi connectivity index (χ1n) is 13.9. The molecule has 1 saturated heterocycles. The Bertz CT molecular complexity index is 1650. The van der Waals surface area contributed by atoms with Gasteiger partial charge in [-0.05, 0) is 43.2 Å². The summed E-state index contributed by atoms with van der Waals surface area (Å²) in [6.45, 7) is 4.05. The molecule has 4 aromatic rings. The Labute approximate surface area is 275 Å². The van der Waals surface area contributed by atoms with E-state index in [4.69, 9.17) is 20.7 Å². The van der Waals surface area contributed by atoms with Crippen molar-refractivity contribution in [3.05, 3.63) is 88.3 Å². The smallest absolute Gasteiger partial charge is 0.412 e. The molecule has 15 heteroatoms. The second kappa shape index (κ2) is 15.1. The number of rotatable bonds is 9. The van der Waals surface area contributed by atoms with Crippen LogP contribution in [-0.4, -0.2) is 50.0 Å². The lowest BCUT2D eigenvalue weighted by Crippen LogP contribution is -3.00. The molecular formula is C30H33Cl2F2N7O3S. The quantitative estimate of drug-likeness (QED) is 0.257. The Morgan fingerprint density at radius 2 is 2.02 bits per heavy atom. The lowest BCUT2D eigenvalue weighted by Gasteiger charge is -2.32. The van der Waals surface area contributed by atoms with Crippen molar-refractivity contribution in [2.45, 2.75) is 57.0 Å². The number of thiazole rings is 1. The molecule has 4 unspecified atom stereocenters. The molecule has 0 bridgehead atoms. The minimum atomic E-state index is -1.97. The van der Waals surface area contributed by atoms with Gasteiger partial charge < -0.3 is 32.9 Å². The summed E-state index contributed by atoms with van der Waals surface area (Å²) in [6, 6.07) is 11.9. The van der Waals surface area contributed by atoms with Crippen molar-refractivity contribution >= 4 is 29.8 Å². The third kappa shape index (κ3) is 7.59. The SMILES string of the molecule is CC(OC(=O)N1CCCC1CN)[n+]1cnn(CC(O)(c2cc(F)ccc2F)C(C)c2nc(-c3ccc(C#N)cc3)cs2)c1.Cl.[Cl-]. The zero-order valence-electron chi connectivity index (χ0n) is 24.5. The summed E-state index contributed by atoms with van der Waals surface area (Å²) in [5.41, 5.74) is 5.49. The van der Waals surface area contributed by atoms with Gasteiger partial charge in [0.25, 0.3) is 6.33 Å². The first kappa shape index (κ1) is 35.8. The predicted octanol–water partition coefficient (Wildman–Crippen LogP) is 1.64. The van der Waals surface area contributed by atoms with Gasteiger partial charge in [0, 0.05) is 53.6 Å². The average Bonchev–Trinajstić information content (AvgIpc) is 3.79. The van der Waals surface area contributed by atoms with E-state index in [9.17, 15) is 14.3 Å². The number of nitrogens with two attached hydrogens (primary N) is 1. The van der Waals surface area contributed by atoms with E-state index in [0.717, 1.165) is 36.6 Å². The molecule has 0 aliphatic carbocycles. The maximum atomic E-state index is 15.2. The van der Waals surface area contributed by atoms with Crippen LogP contribution in [0.4, 0.5) is 13.6 Å². The number of nitriles is 1. The van der Waals surface area contributed by atoms with Crippen LogP contribution in [0.1, 0.15) is 55.0 Å². The first-order valence-corrected chi connectivity index (χ1v) is 14.7. The minimum Gasteiger partial charge on any atom is -1.00 e. The molecule has 0 saturated carbocycles. The van der Waals surface area contributed by atoms with Gasteiger partial charge in [-0.2, -0.15) is 9.83 Å². The lowest BCUT2D eigenvalue weighted by atomic mass is 9.82. The Kier molecular flexibility index (Phi) is 12.0. The van der Waals surface area contributed by atoms with Gasteiger partial charge in [0.2, 0.25) is 12.6 Å². The van der Waals surface area contributed by atoms with Gasteiger partial charge in [0.15, 0.2) is 0 Å². The summed E-state index contributed by atoms with van der Waals surface area (Å²) in [5, 5.41) is 27.9. The zero-order chi connectivity index (χ0) is 30.7. The number of carbonyl (C=O) groups excluding carboxylic acids is 1. The number of aromatic nitrogens is 4. The molecule has 2 aromatic heterocycles. The highest BCUT2D eigenvalue weighted by Crippen LogP contribution is 2.41. The third-order valence-corrected chi connectivity index (χ3v) is 8.92. The molecule has 0 radical (unpaired) electrons. The summed E-state index contributed by atoms with van der Waals surface area (Å²) < 4.78 is 38.1. The van der Waals surface area contributed by atoms with Gasteiger partial charge in [-0.15, -0.1) is 28.4 Å². The van der Waals surface area contributed by atoms with E-state index in [1.165, 1.54) is 28.7 Å². The highest BCUT2D eigenvalue weighted by Gasteiger charge is 2.43. The van der Waals surface area contributed by atoms with E-state index in [1.54, 1.807) is 47.6 Å². The summed E-state index contributed by atoms with van der Waals surface area (Å²) in [6.07, 6.45) is 3.44. The molecule has 1 aliphatic rings. The molecule has 10 nitrogen and oxygen atoms in total. The molecule has 2 aromatic carbocycles. The monoisotopic (exact) mass is 679 g/mol. The topological polar surface area (TPSA) is 134 Å². The van der Waals surface area contributed by atoms with Crippen LogP contribution < -0.4 is 22.7 Å². The van der Waals surface area contributed by atoms with Crippen LogP contribution in [0.15, 0.2) is 60.5 Å². The number of aliphatic hydroxyl groups is 1. The molecule has 3 heterocycles. The molecule has 3 N–H and O–H groups in total. The van der Waals surface area contributed by atoms with Crippen molar-refractivity contribution in [2.24, 2.45) is 5.73 Å².